The molecule has 26 heavy (non-hydrogen) atoms. The van der Waals surface area contributed by atoms with Gasteiger partial charge in [-0.05, 0) is 36.4 Å². The van der Waals surface area contributed by atoms with Crippen LogP contribution in [0.25, 0.3) is 17.1 Å². The van der Waals surface area contributed by atoms with Crippen molar-refractivity contribution in [2.45, 2.75) is 17.8 Å². The van der Waals surface area contributed by atoms with Crippen LogP contribution in [-0.2, 0) is 5.75 Å². The number of hydrogen-bond donors (Lipinski definition) is 0. The van der Waals surface area contributed by atoms with Crippen LogP contribution in [-0.4, -0.2) is 25.0 Å². The Morgan fingerprint density at radius 2 is 1.73 bits per heavy atom. The number of para-hydroxylation sites is 1. The quantitative estimate of drug-likeness (QED) is 0.470. The maximum Gasteiger partial charge on any atom is 0.226 e. The fraction of sp³-hybridized carbons (Fsp3) is 0.111. The molecule has 0 aliphatic carbocycles. The summed E-state index contributed by atoms with van der Waals surface area (Å²) < 4.78 is 7.45. The summed E-state index contributed by atoms with van der Waals surface area (Å²) in [5.41, 5.74) is 1.91. The lowest BCUT2D eigenvalue weighted by Crippen LogP contribution is -1.99. The van der Waals surface area contributed by atoms with Gasteiger partial charge in [-0.3, -0.25) is 4.57 Å². The van der Waals surface area contributed by atoms with Crippen molar-refractivity contribution in [2.24, 2.45) is 0 Å². The molecule has 0 spiro atoms. The van der Waals surface area contributed by atoms with Gasteiger partial charge < -0.3 is 4.42 Å². The first kappa shape index (κ1) is 16.8. The van der Waals surface area contributed by atoms with E-state index in [9.17, 15) is 0 Å². The number of hydrogen-bond acceptors (Lipinski definition) is 6. The first-order valence-electron chi connectivity index (χ1n) is 7.89. The standard InChI is InChI=1S/C18H14ClN5OS/c1-12-20-21-16(25-12)11-26-18-23-22-17(13-7-9-14(19)10-8-13)24(18)15-5-3-2-4-6-15/h2-10H,11H2,1H3. The number of benzene rings is 2. The van der Waals surface area contributed by atoms with Gasteiger partial charge in [-0.2, -0.15) is 0 Å². The van der Waals surface area contributed by atoms with Crippen molar-refractivity contribution < 1.29 is 4.42 Å². The molecule has 0 aliphatic heterocycles. The van der Waals surface area contributed by atoms with Gasteiger partial charge in [0.15, 0.2) is 11.0 Å². The molecule has 4 aromatic rings. The monoisotopic (exact) mass is 383 g/mol. The third kappa shape index (κ3) is 3.49. The largest absolute Gasteiger partial charge is 0.425 e. The van der Waals surface area contributed by atoms with Gasteiger partial charge in [0.2, 0.25) is 11.8 Å². The van der Waals surface area contributed by atoms with Crippen LogP contribution in [0.4, 0.5) is 0 Å². The summed E-state index contributed by atoms with van der Waals surface area (Å²) in [6.45, 7) is 1.77. The van der Waals surface area contributed by atoms with E-state index >= 15 is 0 Å². The highest BCUT2D eigenvalue weighted by atomic mass is 35.5. The number of thioether (sulfide) groups is 1. The Hall–Kier alpha value is -2.64. The van der Waals surface area contributed by atoms with Crippen LogP contribution in [0.1, 0.15) is 11.8 Å². The van der Waals surface area contributed by atoms with Crippen molar-refractivity contribution in [3.63, 3.8) is 0 Å². The molecule has 0 atom stereocenters. The van der Waals surface area contributed by atoms with Gasteiger partial charge in [0.25, 0.3) is 0 Å². The maximum absolute atomic E-state index is 6.01. The predicted molar refractivity (Wildman–Crippen MR) is 100 cm³/mol. The number of rotatable bonds is 5. The summed E-state index contributed by atoms with van der Waals surface area (Å²) in [6, 6.07) is 17.5. The fourth-order valence-electron chi connectivity index (χ4n) is 2.48. The number of halogens is 1. The van der Waals surface area contributed by atoms with E-state index in [0.29, 0.717) is 22.6 Å². The molecular formula is C18H14ClN5OS. The second kappa shape index (κ2) is 7.31. The molecule has 4 rings (SSSR count). The van der Waals surface area contributed by atoms with E-state index in [4.69, 9.17) is 16.0 Å². The Labute approximate surface area is 159 Å². The molecule has 2 aromatic carbocycles. The maximum atomic E-state index is 6.01. The first-order chi connectivity index (χ1) is 12.7. The van der Waals surface area contributed by atoms with Crippen LogP contribution < -0.4 is 0 Å². The van der Waals surface area contributed by atoms with Gasteiger partial charge in [-0.1, -0.05) is 41.6 Å². The molecule has 0 radical (unpaired) electrons. The third-order valence-electron chi connectivity index (χ3n) is 3.64. The molecule has 0 saturated heterocycles. The molecule has 0 N–H and O–H groups in total. The first-order valence-corrected chi connectivity index (χ1v) is 9.25. The topological polar surface area (TPSA) is 69.6 Å². The molecule has 0 aliphatic rings. The van der Waals surface area contributed by atoms with Crippen LogP contribution in [0.2, 0.25) is 5.02 Å². The molecule has 0 unspecified atom stereocenters. The Morgan fingerprint density at radius 1 is 0.962 bits per heavy atom. The van der Waals surface area contributed by atoms with Crippen LogP contribution in [0.3, 0.4) is 0 Å². The van der Waals surface area contributed by atoms with Crippen LogP contribution in [0.5, 0.6) is 0 Å². The van der Waals surface area contributed by atoms with Crippen molar-refractivity contribution in [2.75, 3.05) is 0 Å². The normalized spacial score (nSPS) is 11.0. The average Bonchev–Trinajstić information content (AvgIpc) is 3.27. The molecule has 6 nitrogen and oxygen atoms in total. The van der Waals surface area contributed by atoms with Crippen LogP contribution >= 0.6 is 23.4 Å². The SMILES string of the molecule is Cc1nnc(CSc2nnc(-c3ccc(Cl)cc3)n2-c2ccccc2)o1. The lowest BCUT2D eigenvalue weighted by atomic mass is 10.2. The Kier molecular flexibility index (Phi) is 4.73. The number of aromatic nitrogens is 5. The summed E-state index contributed by atoms with van der Waals surface area (Å²) in [4.78, 5) is 0. The molecule has 0 amide bonds. The number of aryl methyl sites for hydroxylation is 1. The second-order valence-electron chi connectivity index (χ2n) is 5.49. The molecule has 0 saturated carbocycles. The zero-order valence-electron chi connectivity index (χ0n) is 13.8. The van der Waals surface area contributed by atoms with Gasteiger partial charge >= 0.3 is 0 Å². The van der Waals surface area contributed by atoms with E-state index in [1.807, 2.05) is 59.2 Å². The summed E-state index contributed by atoms with van der Waals surface area (Å²) in [7, 11) is 0. The Balaban J connectivity index is 1.73. The van der Waals surface area contributed by atoms with Crippen LogP contribution in [0, 0.1) is 6.92 Å². The molecule has 130 valence electrons. The highest BCUT2D eigenvalue weighted by molar-refractivity contribution is 7.98. The van der Waals surface area contributed by atoms with Crippen molar-refractivity contribution in [1.29, 1.82) is 0 Å². The highest BCUT2D eigenvalue weighted by Gasteiger charge is 2.17. The van der Waals surface area contributed by atoms with Gasteiger partial charge in [0, 0.05) is 23.2 Å². The van der Waals surface area contributed by atoms with Crippen molar-refractivity contribution in [1.82, 2.24) is 25.0 Å². The zero-order valence-corrected chi connectivity index (χ0v) is 15.4. The molecule has 8 heteroatoms. The average molecular weight is 384 g/mol. The third-order valence-corrected chi connectivity index (χ3v) is 4.81. The minimum absolute atomic E-state index is 0.520. The predicted octanol–water partition coefficient (Wildman–Crippen LogP) is 4.57. The van der Waals surface area contributed by atoms with Gasteiger partial charge in [0.05, 0.1) is 5.75 Å². The van der Waals surface area contributed by atoms with Crippen molar-refractivity contribution in [3.05, 3.63) is 71.4 Å². The smallest absolute Gasteiger partial charge is 0.226 e. The van der Waals surface area contributed by atoms with Gasteiger partial charge in [-0.15, -0.1) is 20.4 Å². The lowest BCUT2D eigenvalue weighted by Gasteiger charge is -2.10. The molecule has 2 heterocycles. The highest BCUT2D eigenvalue weighted by Crippen LogP contribution is 2.30. The molecule has 0 fully saturated rings. The Morgan fingerprint density at radius 3 is 2.42 bits per heavy atom. The van der Waals surface area contributed by atoms with Gasteiger partial charge in [-0.25, -0.2) is 0 Å². The molecular weight excluding hydrogens is 370 g/mol. The summed E-state index contributed by atoms with van der Waals surface area (Å²) >= 11 is 7.50. The minimum atomic E-state index is 0.520. The second-order valence-corrected chi connectivity index (χ2v) is 6.87. The molecule has 2 aromatic heterocycles. The van der Waals surface area contributed by atoms with Crippen LogP contribution in [0.15, 0.2) is 64.2 Å². The minimum Gasteiger partial charge on any atom is -0.425 e. The van der Waals surface area contributed by atoms with E-state index in [1.165, 1.54) is 11.8 Å². The zero-order chi connectivity index (χ0) is 17.9. The summed E-state index contributed by atoms with van der Waals surface area (Å²) in [6.07, 6.45) is 0. The Bertz CT molecular complexity index is 1010. The van der Waals surface area contributed by atoms with E-state index in [2.05, 4.69) is 20.4 Å². The van der Waals surface area contributed by atoms with Gasteiger partial charge in [0.1, 0.15) is 0 Å². The summed E-state index contributed by atoms with van der Waals surface area (Å²) in [5, 5.41) is 18.1. The number of nitrogens with zero attached hydrogens (tertiary/aromatic N) is 5. The van der Waals surface area contributed by atoms with E-state index in [-0.39, 0.29) is 0 Å². The van der Waals surface area contributed by atoms with E-state index < -0.39 is 0 Å². The lowest BCUT2D eigenvalue weighted by molar-refractivity contribution is 0.485. The fourth-order valence-corrected chi connectivity index (χ4v) is 3.40. The van der Waals surface area contributed by atoms with Crippen molar-refractivity contribution in [3.8, 4) is 17.1 Å². The van der Waals surface area contributed by atoms with Crippen molar-refractivity contribution >= 4 is 23.4 Å². The van der Waals surface area contributed by atoms with E-state index in [0.717, 1.165) is 22.2 Å². The summed E-state index contributed by atoms with van der Waals surface area (Å²) in [5.74, 6) is 2.37. The van der Waals surface area contributed by atoms with E-state index in [1.54, 1.807) is 6.92 Å². The molecule has 0 bridgehead atoms.